The number of benzene rings is 1. The van der Waals surface area contributed by atoms with Crippen molar-refractivity contribution in [1.29, 1.82) is 0 Å². The fraction of sp³-hybridized carbons (Fsp3) is 0.556. The topological polar surface area (TPSA) is 109 Å². The highest BCUT2D eigenvalue weighted by Crippen LogP contribution is 2.37. The summed E-state index contributed by atoms with van der Waals surface area (Å²) >= 11 is 0. The second-order valence-corrected chi connectivity index (χ2v) is 6.69. The van der Waals surface area contributed by atoms with Gasteiger partial charge >= 0.3 is 5.97 Å². The van der Waals surface area contributed by atoms with Crippen molar-refractivity contribution in [3.05, 3.63) is 17.7 Å². The van der Waals surface area contributed by atoms with Gasteiger partial charge in [0.2, 0.25) is 5.91 Å². The number of carbonyl (C=O) groups is 2. The average molecular weight is 363 g/mol. The summed E-state index contributed by atoms with van der Waals surface area (Å²) in [5.41, 5.74) is 0.0982. The van der Waals surface area contributed by atoms with E-state index in [9.17, 15) is 14.7 Å². The molecule has 2 aliphatic rings. The normalized spacial score (nSPS) is 25.5. The highest BCUT2D eigenvalue weighted by molar-refractivity contribution is 5.95. The first-order valence-corrected chi connectivity index (χ1v) is 8.82. The number of aromatic carboxylic acids is 1. The third-order valence-corrected chi connectivity index (χ3v) is 5.19. The minimum absolute atomic E-state index is 0.0614. The minimum Gasteiger partial charge on any atom is -0.493 e. The quantitative estimate of drug-likeness (QED) is 0.623. The lowest BCUT2D eigenvalue weighted by Gasteiger charge is -2.42. The lowest BCUT2D eigenvalue weighted by molar-refractivity contribution is -0.131. The molecular weight excluding hydrogens is 338 g/mol. The average Bonchev–Trinajstić information content (AvgIpc) is 2.65. The Bertz CT molecular complexity index is 698. The van der Waals surface area contributed by atoms with E-state index in [1.807, 2.05) is 0 Å². The molecule has 8 heteroatoms. The van der Waals surface area contributed by atoms with Crippen LogP contribution in [0, 0.1) is 0 Å². The van der Waals surface area contributed by atoms with Gasteiger partial charge in [-0.3, -0.25) is 4.79 Å². The number of methoxy groups -OCH3 is 1. The number of hydrogen-bond acceptors (Lipinski definition) is 6. The third kappa shape index (κ3) is 3.41. The zero-order chi connectivity index (χ0) is 18.7. The molecule has 2 fully saturated rings. The maximum atomic E-state index is 12.2. The molecule has 1 aliphatic heterocycles. The monoisotopic (exact) mass is 363 g/mol. The van der Waals surface area contributed by atoms with Gasteiger partial charge in [-0.15, -0.1) is 0 Å². The van der Waals surface area contributed by atoms with Crippen molar-refractivity contribution in [3.63, 3.8) is 0 Å². The van der Waals surface area contributed by atoms with E-state index in [-0.39, 0.29) is 17.6 Å². The van der Waals surface area contributed by atoms with Crippen LogP contribution in [0.15, 0.2) is 12.1 Å². The van der Waals surface area contributed by atoms with Gasteiger partial charge in [-0.2, -0.15) is 0 Å². The largest absolute Gasteiger partial charge is 0.493 e. The van der Waals surface area contributed by atoms with Crippen molar-refractivity contribution in [2.75, 3.05) is 32.6 Å². The van der Waals surface area contributed by atoms with Gasteiger partial charge in [-0.25, -0.2) is 4.79 Å². The van der Waals surface area contributed by atoms with E-state index in [0.717, 1.165) is 6.54 Å². The van der Waals surface area contributed by atoms with Crippen molar-refractivity contribution in [1.82, 2.24) is 10.6 Å². The minimum atomic E-state index is -1.03. The first-order chi connectivity index (χ1) is 12.5. The Balaban J connectivity index is 1.74. The fourth-order valence-electron chi connectivity index (χ4n) is 3.71. The number of piperazine rings is 1. The first-order valence-electron chi connectivity index (χ1n) is 8.82. The molecule has 1 aromatic carbocycles. The molecule has 1 spiro atoms. The van der Waals surface area contributed by atoms with Crippen LogP contribution in [-0.2, 0) is 4.79 Å². The van der Waals surface area contributed by atoms with Crippen molar-refractivity contribution in [3.8, 4) is 11.5 Å². The molecule has 0 unspecified atom stereocenters. The number of carboxylic acids is 1. The molecule has 0 aromatic heterocycles. The Morgan fingerprint density at radius 2 is 2.00 bits per heavy atom. The molecule has 0 atom stereocenters. The van der Waals surface area contributed by atoms with Gasteiger partial charge in [0.05, 0.1) is 30.0 Å². The van der Waals surface area contributed by atoms with Crippen LogP contribution in [0.3, 0.4) is 0 Å². The molecule has 1 heterocycles. The molecule has 1 saturated heterocycles. The molecule has 1 aromatic rings. The first kappa shape index (κ1) is 18.3. The maximum Gasteiger partial charge on any atom is 0.337 e. The zero-order valence-electron chi connectivity index (χ0n) is 15.1. The van der Waals surface area contributed by atoms with Crippen molar-refractivity contribution in [2.24, 2.45) is 0 Å². The molecular formula is C18H25N3O5. The van der Waals surface area contributed by atoms with Crippen molar-refractivity contribution >= 4 is 17.6 Å². The van der Waals surface area contributed by atoms with Crippen LogP contribution < -0.4 is 25.4 Å². The number of hydrogen-bond donors (Lipinski definition) is 4. The fourth-order valence-corrected chi connectivity index (χ4v) is 3.71. The van der Waals surface area contributed by atoms with Crippen molar-refractivity contribution < 1.29 is 24.2 Å². The van der Waals surface area contributed by atoms with Gasteiger partial charge in [0.15, 0.2) is 11.5 Å². The standard InChI is InChI=1S/C18H25N3O5/c1-19-13-10-14(25-2)15(9-12(13)16(22)23)26-11-3-5-18(6-4-11)17(24)20-7-8-21-18/h9-11,19,21H,3-8H2,1-2H3,(H,20,24)(H,22,23). The van der Waals surface area contributed by atoms with E-state index in [4.69, 9.17) is 9.47 Å². The van der Waals surface area contributed by atoms with Crippen LogP contribution in [0.4, 0.5) is 5.69 Å². The maximum absolute atomic E-state index is 12.2. The number of rotatable bonds is 5. The summed E-state index contributed by atoms with van der Waals surface area (Å²) in [6, 6.07) is 3.11. The summed E-state index contributed by atoms with van der Waals surface area (Å²) in [5, 5.41) is 18.5. The van der Waals surface area contributed by atoms with Crippen LogP contribution in [0.1, 0.15) is 36.0 Å². The number of carboxylic acid groups (broad SMARTS) is 1. The summed E-state index contributed by atoms with van der Waals surface area (Å²) in [5.74, 6) is -0.0853. The summed E-state index contributed by atoms with van der Waals surface area (Å²) in [4.78, 5) is 23.7. The van der Waals surface area contributed by atoms with E-state index in [1.165, 1.54) is 13.2 Å². The predicted octanol–water partition coefficient (Wildman–Crippen LogP) is 1.21. The van der Waals surface area contributed by atoms with E-state index in [1.54, 1.807) is 13.1 Å². The molecule has 142 valence electrons. The van der Waals surface area contributed by atoms with Crippen LogP contribution in [-0.4, -0.2) is 55.9 Å². The highest BCUT2D eigenvalue weighted by atomic mass is 16.5. The van der Waals surface area contributed by atoms with E-state index >= 15 is 0 Å². The summed E-state index contributed by atoms with van der Waals surface area (Å²) in [6.45, 7) is 1.44. The molecule has 0 radical (unpaired) electrons. The lowest BCUT2D eigenvalue weighted by Crippen LogP contribution is -2.64. The Morgan fingerprint density at radius 1 is 1.27 bits per heavy atom. The van der Waals surface area contributed by atoms with Crippen LogP contribution in [0.2, 0.25) is 0 Å². The molecule has 3 rings (SSSR count). The Labute approximate surface area is 152 Å². The third-order valence-electron chi connectivity index (χ3n) is 5.19. The number of amides is 1. The zero-order valence-corrected chi connectivity index (χ0v) is 15.1. The summed E-state index contributed by atoms with van der Waals surface area (Å²) < 4.78 is 11.4. The molecule has 0 bridgehead atoms. The van der Waals surface area contributed by atoms with Crippen LogP contribution >= 0.6 is 0 Å². The van der Waals surface area contributed by atoms with Crippen molar-refractivity contribution in [2.45, 2.75) is 37.3 Å². The Morgan fingerprint density at radius 3 is 2.58 bits per heavy atom. The van der Waals surface area contributed by atoms with Gasteiger partial charge in [-0.1, -0.05) is 0 Å². The molecule has 26 heavy (non-hydrogen) atoms. The van der Waals surface area contributed by atoms with E-state index in [0.29, 0.717) is 49.4 Å². The Hall–Kier alpha value is -2.48. The van der Waals surface area contributed by atoms with E-state index in [2.05, 4.69) is 16.0 Å². The van der Waals surface area contributed by atoms with Crippen LogP contribution in [0.5, 0.6) is 11.5 Å². The van der Waals surface area contributed by atoms with Gasteiger partial charge in [-0.05, 0) is 25.7 Å². The van der Waals surface area contributed by atoms with Gasteiger partial charge in [0.25, 0.3) is 0 Å². The highest BCUT2D eigenvalue weighted by Gasteiger charge is 2.43. The smallest absolute Gasteiger partial charge is 0.337 e. The molecule has 4 N–H and O–H groups in total. The second-order valence-electron chi connectivity index (χ2n) is 6.69. The molecule has 1 amide bonds. The number of anilines is 1. The number of nitrogens with one attached hydrogen (secondary N) is 3. The second kappa shape index (κ2) is 7.41. The molecule has 1 saturated carbocycles. The van der Waals surface area contributed by atoms with Gasteiger partial charge in [0, 0.05) is 32.3 Å². The number of carbonyl (C=O) groups excluding carboxylic acids is 1. The number of ether oxygens (including phenoxy) is 2. The van der Waals surface area contributed by atoms with E-state index < -0.39 is 11.5 Å². The molecule has 8 nitrogen and oxygen atoms in total. The summed E-state index contributed by atoms with van der Waals surface area (Å²) in [7, 11) is 3.18. The summed E-state index contributed by atoms with van der Waals surface area (Å²) in [6.07, 6.45) is 2.70. The SMILES string of the molecule is CNc1cc(OC)c(OC2CCC3(CC2)NCCNC3=O)cc1C(=O)O. The molecule has 1 aliphatic carbocycles. The predicted molar refractivity (Wildman–Crippen MR) is 96.1 cm³/mol. The van der Waals surface area contributed by atoms with Gasteiger partial charge < -0.3 is 30.5 Å². The van der Waals surface area contributed by atoms with Gasteiger partial charge in [0.1, 0.15) is 0 Å². The Kier molecular flexibility index (Phi) is 5.22. The van der Waals surface area contributed by atoms with Crippen LogP contribution in [0.25, 0.3) is 0 Å². The lowest BCUT2D eigenvalue weighted by atomic mass is 9.78.